The normalized spacial score (nSPS) is 10.9. The maximum absolute atomic E-state index is 13.8. The Labute approximate surface area is 104 Å². The van der Waals surface area contributed by atoms with Gasteiger partial charge in [0.2, 0.25) is 0 Å². The molecule has 18 heavy (non-hydrogen) atoms. The van der Waals surface area contributed by atoms with Gasteiger partial charge in [-0.15, -0.1) is 0 Å². The number of aromatic amines is 1. The first-order valence-corrected chi connectivity index (χ1v) is 5.77. The van der Waals surface area contributed by atoms with Crippen molar-refractivity contribution in [3.8, 4) is 11.1 Å². The minimum Gasteiger partial charge on any atom is -0.319 e. The van der Waals surface area contributed by atoms with Crippen molar-refractivity contribution in [2.75, 3.05) is 13.6 Å². The lowest BCUT2D eigenvalue weighted by molar-refractivity contribution is 0.603. The molecule has 0 saturated carbocycles. The second-order valence-electron chi connectivity index (χ2n) is 4.15. The summed E-state index contributed by atoms with van der Waals surface area (Å²) in [4.78, 5) is 0. The quantitative estimate of drug-likeness (QED) is 0.876. The second-order valence-corrected chi connectivity index (χ2v) is 4.15. The van der Waals surface area contributed by atoms with Crippen molar-refractivity contribution in [2.45, 2.75) is 13.3 Å². The number of nitrogens with zero attached hydrogens (tertiary/aromatic N) is 1. The average molecular weight is 251 g/mol. The second kappa shape index (κ2) is 5.27. The van der Waals surface area contributed by atoms with E-state index >= 15 is 0 Å². The van der Waals surface area contributed by atoms with E-state index in [0.29, 0.717) is 12.0 Å². The van der Waals surface area contributed by atoms with Crippen LogP contribution in [0, 0.1) is 18.6 Å². The molecule has 0 amide bonds. The Morgan fingerprint density at radius 2 is 2.11 bits per heavy atom. The Kier molecular flexibility index (Phi) is 3.72. The van der Waals surface area contributed by atoms with Crippen LogP contribution in [0.3, 0.4) is 0 Å². The fourth-order valence-electron chi connectivity index (χ4n) is 1.95. The maximum atomic E-state index is 13.8. The monoisotopic (exact) mass is 251 g/mol. The van der Waals surface area contributed by atoms with Gasteiger partial charge in [-0.1, -0.05) is 0 Å². The number of nitrogens with one attached hydrogen (secondary N) is 2. The largest absolute Gasteiger partial charge is 0.319 e. The minimum atomic E-state index is -0.452. The summed E-state index contributed by atoms with van der Waals surface area (Å²) in [6.45, 7) is 2.53. The topological polar surface area (TPSA) is 40.7 Å². The van der Waals surface area contributed by atoms with Gasteiger partial charge in [0.05, 0.1) is 5.69 Å². The molecule has 0 bridgehead atoms. The van der Waals surface area contributed by atoms with Gasteiger partial charge in [0.25, 0.3) is 0 Å². The van der Waals surface area contributed by atoms with E-state index in [2.05, 4.69) is 15.5 Å². The van der Waals surface area contributed by atoms with Crippen LogP contribution in [0.5, 0.6) is 0 Å². The van der Waals surface area contributed by atoms with Crippen LogP contribution in [0.25, 0.3) is 11.1 Å². The zero-order chi connectivity index (χ0) is 13.1. The Hall–Kier alpha value is -1.75. The molecule has 2 aromatic rings. The van der Waals surface area contributed by atoms with Gasteiger partial charge in [0.1, 0.15) is 11.6 Å². The lowest BCUT2D eigenvalue weighted by Gasteiger charge is -2.06. The summed E-state index contributed by atoms with van der Waals surface area (Å²) in [6, 6.07) is 3.45. The Bertz CT molecular complexity index is 549. The highest BCUT2D eigenvalue weighted by molar-refractivity contribution is 5.69. The lowest BCUT2D eigenvalue weighted by atomic mass is 10.0. The van der Waals surface area contributed by atoms with Crippen LogP contribution >= 0.6 is 0 Å². The highest BCUT2D eigenvalue weighted by Gasteiger charge is 2.16. The minimum absolute atomic E-state index is 0.257. The molecule has 96 valence electrons. The summed E-state index contributed by atoms with van der Waals surface area (Å²) in [5.74, 6) is -0.891. The van der Waals surface area contributed by atoms with Crippen LogP contribution in [0.15, 0.2) is 18.2 Å². The summed E-state index contributed by atoms with van der Waals surface area (Å²) >= 11 is 0. The number of halogens is 2. The molecule has 0 saturated heterocycles. The van der Waals surface area contributed by atoms with E-state index in [1.807, 2.05) is 7.05 Å². The van der Waals surface area contributed by atoms with Gasteiger partial charge in [0, 0.05) is 29.8 Å². The van der Waals surface area contributed by atoms with Gasteiger partial charge in [-0.05, 0) is 32.2 Å². The van der Waals surface area contributed by atoms with Gasteiger partial charge in [-0.3, -0.25) is 5.10 Å². The molecule has 2 N–H and O–H groups in total. The van der Waals surface area contributed by atoms with Gasteiger partial charge in [0.15, 0.2) is 0 Å². The standard InChI is InChI=1S/C13H15F2N3/c1-8-13(12(18-17-8)5-6-16-2)10-7-9(14)3-4-11(10)15/h3-4,7,16H,5-6H2,1-2H3,(H,17,18). The number of hydrogen-bond acceptors (Lipinski definition) is 2. The molecule has 0 aliphatic rings. The van der Waals surface area contributed by atoms with E-state index in [4.69, 9.17) is 0 Å². The van der Waals surface area contributed by atoms with Crippen molar-refractivity contribution in [2.24, 2.45) is 0 Å². The number of benzene rings is 1. The van der Waals surface area contributed by atoms with Gasteiger partial charge in [-0.2, -0.15) is 5.10 Å². The van der Waals surface area contributed by atoms with Crippen molar-refractivity contribution in [3.63, 3.8) is 0 Å². The molecular weight excluding hydrogens is 236 g/mol. The van der Waals surface area contributed by atoms with Gasteiger partial charge < -0.3 is 5.32 Å². The van der Waals surface area contributed by atoms with E-state index in [-0.39, 0.29) is 5.56 Å². The highest BCUT2D eigenvalue weighted by atomic mass is 19.1. The average Bonchev–Trinajstić information content (AvgIpc) is 2.71. The lowest BCUT2D eigenvalue weighted by Crippen LogP contribution is -2.11. The number of rotatable bonds is 4. The van der Waals surface area contributed by atoms with Crippen molar-refractivity contribution in [1.82, 2.24) is 15.5 Å². The molecule has 0 fully saturated rings. The molecule has 0 spiro atoms. The summed E-state index contributed by atoms with van der Waals surface area (Å²) in [5, 5.41) is 9.98. The molecule has 2 rings (SSSR count). The molecule has 1 aromatic heterocycles. The van der Waals surface area contributed by atoms with E-state index in [9.17, 15) is 8.78 Å². The molecule has 0 aliphatic heterocycles. The molecule has 3 nitrogen and oxygen atoms in total. The van der Waals surface area contributed by atoms with E-state index in [1.165, 1.54) is 6.07 Å². The molecule has 0 atom stereocenters. The molecule has 0 aliphatic carbocycles. The first-order chi connectivity index (χ1) is 8.63. The van der Waals surface area contributed by atoms with Gasteiger partial charge >= 0.3 is 0 Å². The fourth-order valence-corrected chi connectivity index (χ4v) is 1.95. The third-order valence-corrected chi connectivity index (χ3v) is 2.83. The Balaban J connectivity index is 2.48. The predicted molar refractivity (Wildman–Crippen MR) is 66.3 cm³/mol. The molecule has 1 heterocycles. The maximum Gasteiger partial charge on any atom is 0.131 e. The molecule has 0 unspecified atom stereocenters. The van der Waals surface area contributed by atoms with Crippen molar-refractivity contribution in [1.29, 1.82) is 0 Å². The first kappa shape index (κ1) is 12.7. The number of hydrogen-bond donors (Lipinski definition) is 2. The third-order valence-electron chi connectivity index (χ3n) is 2.83. The van der Waals surface area contributed by atoms with E-state index < -0.39 is 11.6 Å². The van der Waals surface area contributed by atoms with Crippen LogP contribution < -0.4 is 5.32 Å². The summed E-state index contributed by atoms with van der Waals surface area (Å²) in [6.07, 6.45) is 0.659. The molecule has 0 radical (unpaired) electrons. The van der Waals surface area contributed by atoms with Gasteiger partial charge in [-0.25, -0.2) is 8.78 Å². The summed E-state index contributed by atoms with van der Waals surface area (Å²) in [7, 11) is 1.84. The zero-order valence-corrected chi connectivity index (χ0v) is 10.3. The Morgan fingerprint density at radius 1 is 1.33 bits per heavy atom. The number of aryl methyl sites for hydroxylation is 1. The molecule has 1 aromatic carbocycles. The highest BCUT2D eigenvalue weighted by Crippen LogP contribution is 2.29. The summed E-state index contributed by atoms with van der Waals surface area (Å²) < 4.78 is 27.0. The van der Waals surface area contributed by atoms with Crippen LogP contribution in [0.4, 0.5) is 8.78 Å². The smallest absolute Gasteiger partial charge is 0.131 e. The first-order valence-electron chi connectivity index (χ1n) is 5.77. The number of aromatic nitrogens is 2. The SMILES string of the molecule is CNCCc1n[nH]c(C)c1-c1cc(F)ccc1F. The Morgan fingerprint density at radius 3 is 2.83 bits per heavy atom. The van der Waals surface area contributed by atoms with E-state index in [1.54, 1.807) is 6.92 Å². The van der Waals surface area contributed by atoms with Crippen LogP contribution in [-0.4, -0.2) is 23.8 Å². The number of likely N-dealkylation sites (N-methyl/N-ethyl adjacent to an activating group) is 1. The third kappa shape index (κ3) is 2.41. The fraction of sp³-hybridized carbons (Fsp3) is 0.308. The van der Waals surface area contributed by atoms with Crippen molar-refractivity contribution >= 4 is 0 Å². The number of H-pyrrole nitrogens is 1. The summed E-state index contributed by atoms with van der Waals surface area (Å²) in [5.41, 5.74) is 2.39. The zero-order valence-electron chi connectivity index (χ0n) is 10.3. The van der Waals surface area contributed by atoms with Crippen LogP contribution in [-0.2, 0) is 6.42 Å². The van der Waals surface area contributed by atoms with Crippen LogP contribution in [0.2, 0.25) is 0 Å². The van der Waals surface area contributed by atoms with E-state index in [0.717, 1.165) is 30.1 Å². The molecular formula is C13H15F2N3. The molecule has 5 heteroatoms. The van der Waals surface area contributed by atoms with Crippen LogP contribution in [0.1, 0.15) is 11.4 Å². The van der Waals surface area contributed by atoms with Crippen molar-refractivity contribution in [3.05, 3.63) is 41.2 Å². The van der Waals surface area contributed by atoms with Crippen molar-refractivity contribution < 1.29 is 8.78 Å². The predicted octanol–water partition coefficient (Wildman–Crippen LogP) is 2.43.